The Morgan fingerprint density at radius 2 is 1.83 bits per heavy atom. The van der Waals surface area contributed by atoms with Crippen molar-refractivity contribution in [3.8, 4) is 0 Å². The summed E-state index contributed by atoms with van der Waals surface area (Å²) in [6.45, 7) is 0. The van der Waals surface area contributed by atoms with Gasteiger partial charge in [0.2, 0.25) is 0 Å². The molecule has 118 valence electrons. The zero-order chi connectivity index (χ0) is 15.9. The summed E-state index contributed by atoms with van der Waals surface area (Å²) in [7, 11) is 0. The van der Waals surface area contributed by atoms with Gasteiger partial charge in [-0.2, -0.15) is 0 Å². The number of hydrogen-bond acceptors (Lipinski definition) is 2. The summed E-state index contributed by atoms with van der Waals surface area (Å²) in [6, 6.07) is 9.05. The van der Waals surface area contributed by atoms with Gasteiger partial charge in [-0.1, -0.05) is 12.2 Å². The summed E-state index contributed by atoms with van der Waals surface area (Å²) in [6.07, 6.45) is 15.9. The maximum Gasteiger partial charge on any atom is 0.0658 e. The molecule has 0 spiro atoms. The fourth-order valence-electron chi connectivity index (χ4n) is 3.42. The first kappa shape index (κ1) is 13.6. The van der Waals surface area contributed by atoms with E-state index in [4.69, 9.17) is 0 Å². The first-order valence-electron chi connectivity index (χ1n) is 8.30. The van der Waals surface area contributed by atoms with Gasteiger partial charge in [-0.05, 0) is 54.6 Å². The number of nitrogens with zero attached hydrogens (tertiary/aromatic N) is 1. The molecule has 0 saturated carbocycles. The number of aromatic amines is 2. The molecule has 8 bridgehead atoms. The van der Waals surface area contributed by atoms with Gasteiger partial charge in [-0.15, -0.1) is 0 Å². The summed E-state index contributed by atoms with van der Waals surface area (Å²) in [4.78, 5) is 11.6. The molecule has 5 rings (SSSR count). The second-order valence-corrected chi connectivity index (χ2v) is 6.45. The van der Waals surface area contributed by atoms with Gasteiger partial charge >= 0.3 is 0 Å². The molecular weight excluding hydrogens is 296 g/mol. The number of aliphatic imine (C=N–C) groups is 1. The second-order valence-electron chi connectivity index (χ2n) is 6.45. The number of fused-ring (bicyclic) bond motifs is 7. The number of hydrogen-bond donors (Lipinski definition) is 3. The van der Waals surface area contributed by atoms with Crippen LogP contribution < -0.4 is 16.0 Å². The molecule has 5 heterocycles. The van der Waals surface area contributed by atoms with E-state index in [2.05, 4.69) is 87.1 Å². The van der Waals surface area contributed by atoms with Gasteiger partial charge in [-0.25, -0.2) is 4.99 Å². The van der Waals surface area contributed by atoms with Crippen LogP contribution in [0.25, 0.3) is 12.2 Å². The van der Waals surface area contributed by atoms with Crippen LogP contribution in [0.5, 0.6) is 0 Å². The third-order valence-corrected chi connectivity index (χ3v) is 4.54. The molecule has 0 amide bonds. The zero-order valence-corrected chi connectivity index (χ0v) is 13.2. The minimum atomic E-state index is 0.240. The molecule has 2 aromatic heterocycles. The van der Waals surface area contributed by atoms with E-state index in [0.717, 1.165) is 34.2 Å². The quantitative estimate of drug-likeness (QED) is 0.631. The molecule has 2 unspecified atom stereocenters. The first-order chi connectivity index (χ1) is 11.8. The topological polar surface area (TPSA) is 56.0 Å². The van der Waals surface area contributed by atoms with E-state index in [1.165, 1.54) is 5.69 Å². The summed E-state index contributed by atoms with van der Waals surface area (Å²) in [5, 5.41) is 5.76. The third-order valence-electron chi connectivity index (χ3n) is 4.54. The van der Waals surface area contributed by atoms with Crippen LogP contribution >= 0.6 is 0 Å². The Bertz CT molecular complexity index is 1030. The molecule has 0 aromatic carbocycles. The van der Waals surface area contributed by atoms with Crippen molar-refractivity contribution >= 4 is 17.9 Å². The molecule has 4 nitrogen and oxygen atoms in total. The number of rotatable bonds is 0. The lowest BCUT2D eigenvalue weighted by molar-refractivity contribution is 0.610. The van der Waals surface area contributed by atoms with Crippen molar-refractivity contribution in [3.63, 3.8) is 0 Å². The zero-order valence-electron chi connectivity index (χ0n) is 13.2. The van der Waals surface area contributed by atoms with Crippen LogP contribution in [-0.4, -0.2) is 27.8 Å². The van der Waals surface area contributed by atoms with Crippen LogP contribution in [0.2, 0.25) is 0 Å². The lowest BCUT2D eigenvalue weighted by Gasteiger charge is -2.11. The fraction of sp³-hybridized carbons (Fsp3) is 0.150. The van der Waals surface area contributed by atoms with Crippen LogP contribution in [-0.2, 0) is 6.42 Å². The number of H-pyrrole nitrogens is 2. The van der Waals surface area contributed by atoms with Gasteiger partial charge in [0.05, 0.1) is 11.4 Å². The second kappa shape index (κ2) is 5.35. The lowest BCUT2D eigenvalue weighted by Crippen LogP contribution is -2.31. The van der Waals surface area contributed by atoms with Crippen LogP contribution in [0.15, 0.2) is 65.3 Å². The van der Waals surface area contributed by atoms with Crippen LogP contribution in [0.1, 0.15) is 11.4 Å². The monoisotopic (exact) mass is 314 g/mol. The molecular formula is C20H18N4. The Morgan fingerprint density at radius 3 is 2.79 bits per heavy atom. The highest BCUT2D eigenvalue weighted by atomic mass is 15.0. The van der Waals surface area contributed by atoms with Crippen molar-refractivity contribution < 1.29 is 0 Å². The van der Waals surface area contributed by atoms with Crippen molar-refractivity contribution in [2.45, 2.75) is 18.5 Å². The van der Waals surface area contributed by atoms with E-state index in [1.54, 1.807) is 0 Å². The number of nitrogens with one attached hydrogen (secondary N) is 3. The minimum Gasteiger partial charge on any atom is -0.359 e. The first-order valence-corrected chi connectivity index (χ1v) is 8.30. The van der Waals surface area contributed by atoms with Crippen molar-refractivity contribution in [2.75, 3.05) is 0 Å². The van der Waals surface area contributed by atoms with E-state index in [0.29, 0.717) is 6.04 Å². The van der Waals surface area contributed by atoms with Crippen LogP contribution in [0, 0.1) is 0 Å². The summed E-state index contributed by atoms with van der Waals surface area (Å²) in [5.41, 5.74) is 4.34. The van der Waals surface area contributed by atoms with Crippen molar-refractivity contribution in [1.29, 1.82) is 0 Å². The normalized spacial score (nSPS) is 24.3. The molecule has 0 radical (unpaired) electrons. The average Bonchev–Trinajstić information content (AvgIpc) is 3.32. The average molecular weight is 314 g/mol. The van der Waals surface area contributed by atoms with Gasteiger partial charge in [0.25, 0.3) is 0 Å². The summed E-state index contributed by atoms with van der Waals surface area (Å²) >= 11 is 0. The molecule has 2 aromatic rings. The molecule has 2 atom stereocenters. The molecule has 0 aliphatic carbocycles. The molecule has 3 aliphatic heterocycles. The van der Waals surface area contributed by atoms with Gasteiger partial charge in [-0.3, -0.25) is 0 Å². The van der Waals surface area contributed by atoms with Crippen molar-refractivity contribution in [1.82, 2.24) is 15.3 Å². The van der Waals surface area contributed by atoms with E-state index >= 15 is 0 Å². The summed E-state index contributed by atoms with van der Waals surface area (Å²) in [5.74, 6) is 0. The highest BCUT2D eigenvalue weighted by Gasteiger charge is 2.17. The summed E-state index contributed by atoms with van der Waals surface area (Å²) < 4.78 is 0. The van der Waals surface area contributed by atoms with Gasteiger partial charge in [0.1, 0.15) is 0 Å². The molecule has 3 N–H and O–H groups in total. The van der Waals surface area contributed by atoms with Gasteiger partial charge in [0, 0.05) is 40.6 Å². The number of aromatic nitrogens is 2. The van der Waals surface area contributed by atoms with Crippen LogP contribution in [0.4, 0.5) is 0 Å². The van der Waals surface area contributed by atoms with Crippen molar-refractivity contribution in [2.24, 2.45) is 4.99 Å². The predicted molar refractivity (Wildman–Crippen MR) is 97.1 cm³/mol. The highest BCUT2D eigenvalue weighted by Crippen LogP contribution is 2.16. The van der Waals surface area contributed by atoms with E-state index < -0.39 is 0 Å². The maximum absolute atomic E-state index is 4.68. The van der Waals surface area contributed by atoms with Crippen LogP contribution in [0.3, 0.4) is 0 Å². The number of allylic oxidation sites excluding steroid dienone is 2. The molecule has 3 aliphatic rings. The fourth-order valence-corrected chi connectivity index (χ4v) is 3.42. The maximum atomic E-state index is 4.68. The predicted octanol–water partition coefficient (Wildman–Crippen LogP) is 1.30. The Balaban J connectivity index is 1.63. The van der Waals surface area contributed by atoms with Crippen molar-refractivity contribution in [3.05, 3.63) is 82.4 Å². The Labute approximate surface area is 139 Å². The molecule has 0 fully saturated rings. The molecule has 0 saturated heterocycles. The van der Waals surface area contributed by atoms with E-state index in [9.17, 15) is 0 Å². The van der Waals surface area contributed by atoms with E-state index in [-0.39, 0.29) is 6.04 Å². The van der Waals surface area contributed by atoms with E-state index in [1.807, 2.05) is 0 Å². The van der Waals surface area contributed by atoms with Gasteiger partial charge in [0.15, 0.2) is 0 Å². The molecule has 24 heavy (non-hydrogen) atoms. The van der Waals surface area contributed by atoms with Gasteiger partial charge < -0.3 is 15.3 Å². The smallest absolute Gasteiger partial charge is 0.0658 e. The highest BCUT2D eigenvalue weighted by molar-refractivity contribution is 6.19. The Morgan fingerprint density at radius 1 is 0.917 bits per heavy atom. The SMILES string of the molecule is C1=CC2=NC1=CC1C=CC(Cc3ccc([nH]3)C=c3ccc([nH]3)=C2)N1. The standard InChI is InChI=1S/C20H18N4/c1-2-14-10-16-5-6-18(23-16)12-20-8-7-19(24-20)11-17-4-3-15(22-17)9-13(1)21-14/h1-11,16,18,22-24H,12H2. The third kappa shape index (κ3) is 2.61. The Hall–Kier alpha value is -2.85. The molecule has 4 heteroatoms. The lowest BCUT2D eigenvalue weighted by atomic mass is 10.2. The Kier molecular flexibility index (Phi) is 3.03. The minimum absolute atomic E-state index is 0.240. The largest absolute Gasteiger partial charge is 0.359 e.